The molecule has 0 spiro atoms. The van der Waals surface area contributed by atoms with Crippen LogP contribution in [0.15, 0.2) is 60.7 Å². The standard InChI is InChI=1S/C25H20O3/c26-12-11-19-23(24-18-8-4-3-5-15(18)9-10-22(24)27)20-13-16-6-1-2-7-17(16)14-21(20)25(19)28/h1-8,12-14,19,23-24H,9-11H2/t19?,23-,24?/m0/s1. The summed E-state index contributed by atoms with van der Waals surface area (Å²) in [6.07, 6.45) is 2.21. The van der Waals surface area contributed by atoms with E-state index in [9.17, 15) is 14.4 Å². The number of aryl methyl sites for hydroxylation is 1. The van der Waals surface area contributed by atoms with Crippen LogP contribution >= 0.6 is 0 Å². The topological polar surface area (TPSA) is 51.2 Å². The van der Waals surface area contributed by atoms with E-state index in [1.165, 1.54) is 5.56 Å². The van der Waals surface area contributed by atoms with E-state index in [1.807, 2.05) is 48.5 Å². The van der Waals surface area contributed by atoms with Crippen molar-refractivity contribution >= 4 is 28.6 Å². The monoisotopic (exact) mass is 368 g/mol. The summed E-state index contributed by atoms with van der Waals surface area (Å²) in [5.41, 5.74) is 3.80. The first-order valence-corrected chi connectivity index (χ1v) is 9.80. The lowest BCUT2D eigenvalue weighted by atomic mass is 9.69. The van der Waals surface area contributed by atoms with Gasteiger partial charge in [0.25, 0.3) is 0 Å². The van der Waals surface area contributed by atoms with Gasteiger partial charge in [-0.3, -0.25) is 9.59 Å². The van der Waals surface area contributed by atoms with Crippen molar-refractivity contribution in [2.24, 2.45) is 5.92 Å². The Hall–Kier alpha value is -3.07. The maximum Gasteiger partial charge on any atom is 0.167 e. The Morgan fingerprint density at radius 3 is 2.36 bits per heavy atom. The fourth-order valence-electron chi connectivity index (χ4n) is 5.14. The number of hydrogen-bond acceptors (Lipinski definition) is 3. The van der Waals surface area contributed by atoms with Crippen LogP contribution in [0.3, 0.4) is 0 Å². The molecule has 0 amide bonds. The fraction of sp³-hybridized carbons (Fsp3) is 0.240. The van der Waals surface area contributed by atoms with E-state index in [-0.39, 0.29) is 29.8 Å². The van der Waals surface area contributed by atoms with Crippen molar-refractivity contribution in [3.8, 4) is 0 Å². The van der Waals surface area contributed by atoms with Gasteiger partial charge >= 0.3 is 0 Å². The zero-order chi connectivity index (χ0) is 19.3. The van der Waals surface area contributed by atoms with Gasteiger partial charge < -0.3 is 4.79 Å². The molecular formula is C25H20O3. The summed E-state index contributed by atoms with van der Waals surface area (Å²) in [4.78, 5) is 37.7. The minimum atomic E-state index is -0.468. The number of carbonyl (C=O) groups excluding carboxylic acids is 3. The van der Waals surface area contributed by atoms with Crippen molar-refractivity contribution in [1.82, 2.24) is 0 Å². The van der Waals surface area contributed by atoms with Crippen LogP contribution in [0.2, 0.25) is 0 Å². The van der Waals surface area contributed by atoms with Gasteiger partial charge in [0, 0.05) is 30.2 Å². The summed E-state index contributed by atoms with van der Waals surface area (Å²) in [5, 5.41) is 2.07. The highest BCUT2D eigenvalue weighted by atomic mass is 16.1. The molecule has 3 aromatic carbocycles. The van der Waals surface area contributed by atoms with E-state index in [0.29, 0.717) is 12.0 Å². The molecule has 0 fully saturated rings. The first kappa shape index (κ1) is 17.1. The highest BCUT2D eigenvalue weighted by Crippen LogP contribution is 2.51. The molecule has 5 rings (SSSR count). The van der Waals surface area contributed by atoms with Gasteiger partial charge in [0.15, 0.2) is 5.78 Å². The second-order valence-corrected chi connectivity index (χ2v) is 7.83. The number of hydrogen-bond donors (Lipinski definition) is 0. The van der Waals surface area contributed by atoms with E-state index in [2.05, 4.69) is 12.1 Å². The molecule has 0 saturated carbocycles. The van der Waals surface area contributed by atoms with Crippen molar-refractivity contribution in [1.29, 1.82) is 0 Å². The van der Waals surface area contributed by atoms with Gasteiger partial charge in [-0.1, -0.05) is 54.6 Å². The summed E-state index contributed by atoms with van der Waals surface area (Å²) in [5.74, 6) is -0.931. The summed E-state index contributed by atoms with van der Waals surface area (Å²) in [6.45, 7) is 0. The lowest BCUT2D eigenvalue weighted by Gasteiger charge is -2.32. The third kappa shape index (κ3) is 2.46. The van der Waals surface area contributed by atoms with E-state index in [4.69, 9.17) is 0 Å². The van der Waals surface area contributed by atoms with Gasteiger partial charge in [0.2, 0.25) is 0 Å². The second kappa shape index (κ2) is 6.52. The molecule has 28 heavy (non-hydrogen) atoms. The molecule has 3 nitrogen and oxygen atoms in total. The number of carbonyl (C=O) groups is 3. The minimum Gasteiger partial charge on any atom is -0.303 e. The van der Waals surface area contributed by atoms with Gasteiger partial charge in [-0.15, -0.1) is 0 Å². The van der Waals surface area contributed by atoms with Crippen molar-refractivity contribution in [3.05, 3.63) is 82.9 Å². The van der Waals surface area contributed by atoms with Crippen LogP contribution in [0.4, 0.5) is 0 Å². The van der Waals surface area contributed by atoms with Crippen molar-refractivity contribution in [3.63, 3.8) is 0 Å². The number of Topliss-reactive ketones (excluding diaryl/α,β-unsaturated/α-hetero) is 2. The van der Waals surface area contributed by atoms with Gasteiger partial charge in [-0.25, -0.2) is 0 Å². The third-order valence-electron chi connectivity index (χ3n) is 6.40. The third-order valence-corrected chi connectivity index (χ3v) is 6.40. The molecule has 3 atom stereocenters. The summed E-state index contributed by atoms with van der Waals surface area (Å²) < 4.78 is 0. The van der Waals surface area contributed by atoms with E-state index < -0.39 is 5.92 Å². The summed E-state index contributed by atoms with van der Waals surface area (Å²) >= 11 is 0. The van der Waals surface area contributed by atoms with Gasteiger partial charge in [-0.2, -0.15) is 0 Å². The van der Waals surface area contributed by atoms with E-state index >= 15 is 0 Å². The van der Waals surface area contributed by atoms with Gasteiger partial charge in [0.05, 0.1) is 5.92 Å². The number of aldehydes is 1. The molecule has 0 bridgehead atoms. The largest absolute Gasteiger partial charge is 0.303 e. The molecule has 3 heteroatoms. The summed E-state index contributed by atoms with van der Waals surface area (Å²) in [7, 11) is 0. The van der Waals surface area contributed by atoms with E-state index in [1.54, 1.807) is 0 Å². The van der Waals surface area contributed by atoms with Crippen LogP contribution in [-0.4, -0.2) is 17.9 Å². The molecule has 0 aromatic heterocycles. The number of fused-ring (bicyclic) bond motifs is 3. The number of benzene rings is 3. The maximum absolute atomic E-state index is 13.2. The predicted octanol–water partition coefficient (Wildman–Crippen LogP) is 4.62. The first-order chi connectivity index (χ1) is 13.7. The Morgan fingerprint density at radius 2 is 1.57 bits per heavy atom. The van der Waals surface area contributed by atoms with Crippen molar-refractivity contribution < 1.29 is 14.4 Å². The summed E-state index contributed by atoms with van der Waals surface area (Å²) in [6, 6.07) is 20.0. The lowest BCUT2D eigenvalue weighted by Crippen LogP contribution is -2.29. The molecule has 0 N–H and O–H groups in total. The van der Waals surface area contributed by atoms with Crippen LogP contribution in [0.5, 0.6) is 0 Å². The van der Waals surface area contributed by atoms with Crippen molar-refractivity contribution in [2.45, 2.75) is 31.1 Å². The highest BCUT2D eigenvalue weighted by molar-refractivity contribution is 6.08. The van der Waals surface area contributed by atoms with Crippen LogP contribution in [0.1, 0.15) is 51.7 Å². The molecule has 3 aromatic rings. The molecule has 0 radical (unpaired) electrons. The van der Waals surface area contributed by atoms with Gasteiger partial charge in [0.1, 0.15) is 12.1 Å². The number of ketones is 2. The Labute approximate surface area is 163 Å². The molecule has 2 aliphatic carbocycles. The number of rotatable bonds is 3. The molecular weight excluding hydrogens is 348 g/mol. The Bertz CT molecular complexity index is 1130. The Balaban J connectivity index is 1.74. The Morgan fingerprint density at radius 1 is 0.857 bits per heavy atom. The minimum absolute atomic E-state index is 0.00583. The maximum atomic E-state index is 13.2. The predicted molar refractivity (Wildman–Crippen MR) is 108 cm³/mol. The quantitative estimate of drug-likeness (QED) is 0.634. The average molecular weight is 368 g/mol. The van der Waals surface area contributed by atoms with Crippen LogP contribution in [0, 0.1) is 5.92 Å². The smallest absolute Gasteiger partial charge is 0.167 e. The molecule has 0 saturated heterocycles. The molecule has 0 aliphatic heterocycles. The highest BCUT2D eigenvalue weighted by Gasteiger charge is 2.47. The average Bonchev–Trinajstić information content (AvgIpc) is 2.98. The molecule has 2 unspecified atom stereocenters. The Kier molecular flexibility index (Phi) is 3.97. The molecule has 0 heterocycles. The molecule has 138 valence electrons. The van der Waals surface area contributed by atoms with E-state index in [0.717, 1.165) is 34.6 Å². The normalized spacial score (nSPS) is 23.5. The van der Waals surface area contributed by atoms with Crippen LogP contribution in [0.25, 0.3) is 10.8 Å². The van der Waals surface area contributed by atoms with Crippen molar-refractivity contribution in [2.75, 3.05) is 0 Å². The van der Waals surface area contributed by atoms with Crippen LogP contribution in [-0.2, 0) is 16.0 Å². The molecule has 2 aliphatic rings. The SMILES string of the molecule is O=CCC1C(=O)c2cc3ccccc3cc2[C@H]1C1C(=O)CCc2ccccc21. The van der Waals surface area contributed by atoms with Gasteiger partial charge in [-0.05, 0) is 39.9 Å². The second-order valence-electron chi connectivity index (χ2n) is 7.83. The first-order valence-electron chi connectivity index (χ1n) is 9.80. The zero-order valence-corrected chi connectivity index (χ0v) is 15.4. The zero-order valence-electron chi connectivity index (χ0n) is 15.4. The van der Waals surface area contributed by atoms with Crippen LogP contribution < -0.4 is 0 Å². The fourth-order valence-corrected chi connectivity index (χ4v) is 5.14. The lowest BCUT2D eigenvalue weighted by molar-refractivity contribution is -0.122.